The normalized spacial score (nSPS) is 11.8. The standard InChI is InChI=1S/C11H12Br2O4/c1-6(11(14)16-3)17-10-5-7(12)9(15-2)4-8(10)13/h4-6H,1-3H3. The highest BCUT2D eigenvalue weighted by atomic mass is 79.9. The van der Waals surface area contributed by atoms with Gasteiger partial charge in [-0.1, -0.05) is 0 Å². The molecule has 0 fully saturated rings. The Morgan fingerprint density at radius 3 is 2.24 bits per heavy atom. The van der Waals surface area contributed by atoms with Crippen molar-refractivity contribution in [2.75, 3.05) is 14.2 Å². The average Bonchev–Trinajstić information content (AvgIpc) is 2.32. The number of benzene rings is 1. The van der Waals surface area contributed by atoms with Crippen LogP contribution in [0.4, 0.5) is 0 Å². The lowest BCUT2D eigenvalue weighted by Gasteiger charge is -2.15. The van der Waals surface area contributed by atoms with Crippen LogP contribution >= 0.6 is 31.9 Å². The van der Waals surface area contributed by atoms with Crippen LogP contribution < -0.4 is 9.47 Å². The minimum atomic E-state index is -0.670. The molecule has 0 N–H and O–H groups in total. The first-order valence-electron chi connectivity index (χ1n) is 4.77. The zero-order valence-electron chi connectivity index (χ0n) is 9.62. The molecule has 6 heteroatoms. The predicted octanol–water partition coefficient (Wildman–Crippen LogP) is 3.16. The molecule has 0 amide bonds. The van der Waals surface area contributed by atoms with E-state index in [1.807, 2.05) is 0 Å². The van der Waals surface area contributed by atoms with Gasteiger partial charge < -0.3 is 14.2 Å². The number of halogens is 2. The lowest BCUT2D eigenvalue weighted by molar-refractivity contribution is -0.147. The highest BCUT2D eigenvalue weighted by Crippen LogP contribution is 2.36. The molecular formula is C11H12Br2O4. The molecule has 0 aliphatic carbocycles. The van der Waals surface area contributed by atoms with Crippen molar-refractivity contribution in [1.82, 2.24) is 0 Å². The van der Waals surface area contributed by atoms with E-state index in [9.17, 15) is 4.79 Å². The van der Waals surface area contributed by atoms with Gasteiger partial charge in [0.25, 0.3) is 0 Å². The van der Waals surface area contributed by atoms with Crippen LogP contribution in [0.1, 0.15) is 6.92 Å². The molecule has 1 unspecified atom stereocenters. The molecule has 94 valence electrons. The maximum absolute atomic E-state index is 11.2. The molecule has 0 radical (unpaired) electrons. The molecule has 1 rings (SSSR count). The van der Waals surface area contributed by atoms with Gasteiger partial charge in [-0.2, -0.15) is 0 Å². The van der Waals surface area contributed by atoms with Gasteiger partial charge in [-0.15, -0.1) is 0 Å². The van der Waals surface area contributed by atoms with Crippen molar-refractivity contribution >= 4 is 37.8 Å². The van der Waals surface area contributed by atoms with Crippen molar-refractivity contribution in [3.8, 4) is 11.5 Å². The zero-order valence-corrected chi connectivity index (χ0v) is 12.8. The first-order valence-corrected chi connectivity index (χ1v) is 6.35. The Bertz CT molecular complexity index is 420. The van der Waals surface area contributed by atoms with Crippen molar-refractivity contribution in [1.29, 1.82) is 0 Å². The fourth-order valence-electron chi connectivity index (χ4n) is 1.16. The minimum Gasteiger partial charge on any atom is -0.496 e. The van der Waals surface area contributed by atoms with Crippen molar-refractivity contribution < 1.29 is 19.0 Å². The monoisotopic (exact) mass is 366 g/mol. The third-order valence-electron chi connectivity index (χ3n) is 2.04. The molecule has 0 saturated carbocycles. The van der Waals surface area contributed by atoms with Gasteiger partial charge in [-0.05, 0) is 50.9 Å². The van der Waals surface area contributed by atoms with E-state index in [0.29, 0.717) is 16.0 Å². The van der Waals surface area contributed by atoms with E-state index in [1.165, 1.54) is 7.11 Å². The Hall–Kier alpha value is -0.750. The number of carbonyl (C=O) groups excluding carboxylic acids is 1. The molecule has 0 saturated heterocycles. The van der Waals surface area contributed by atoms with E-state index in [-0.39, 0.29) is 0 Å². The first kappa shape index (κ1) is 14.3. The lowest BCUT2D eigenvalue weighted by Crippen LogP contribution is -2.25. The quantitative estimate of drug-likeness (QED) is 0.767. The summed E-state index contributed by atoms with van der Waals surface area (Å²) in [5, 5.41) is 0. The van der Waals surface area contributed by atoms with E-state index in [0.717, 1.165) is 4.47 Å². The number of methoxy groups -OCH3 is 2. The summed E-state index contributed by atoms with van der Waals surface area (Å²) < 4.78 is 16.6. The molecule has 0 aromatic heterocycles. The molecule has 17 heavy (non-hydrogen) atoms. The average molecular weight is 368 g/mol. The summed E-state index contributed by atoms with van der Waals surface area (Å²) in [7, 11) is 2.89. The van der Waals surface area contributed by atoms with Crippen LogP contribution in [0.3, 0.4) is 0 Å². The number of carbonyl (C=O) groups is 1. The Labute approximate surface area is 116 Å². The van der Waals surface area contributed by atoms with Crippen molar-refractivity contribution in [3.63, 3.8) is 0 Å². The van der Waals surface area contributed by atoms with E-state index in [2.05, 4.69) is 36.6 Å². The summed E-state index contributed by atoms with van der Waals surface area (Å²) in [6.07, 6.45) is -0.670. The van der Waals surface area contributed by atoms with Gasteiger partial charge in [-0.3, -0.25) is 0 Å². The Kier molecular flexibility index (Phi) is 5.27. The fourth-order valence-corrected chi connectivity index (χ4v) is 2.06. The second-order valence-electron chi connectivity index (χ2n) is 3.20. The van der Waals surface area contributed by atoms with Crippen LogP contribution in [0.5, 0.6) is 11.5 Å². The highest BCUT2D eigenvalue weighted by Gasteiger charge is 2.17. The van der Waals surface area contributed by atoms with E-state index in [4.69, 9.17) is 9.47 Å². The lowest BCUT2D eigenvalue weighted by atomic mass is 10.3. The number of hydrogen-bond donors (Lipinski definition) is 0. The Morgan fingerprint density at radius 1 is 1.18 bits per heavy atom. The van der Waals surface area contributed by atoms with Gasteiger partial charge in [0.2, 0.25) is 0 Å². The summed E-state index contributed by atoms with van der Waals surface area (Å²) in [5.74, 6) is 0.786. The number of ether oxygens (including phenoxy) is 3. The molecule has 1 aromatic rings. The molecule has 0 aliphatic rings. The van der Waals surface area contributed by atoms with Gasteiger partial charge >= 0.3 is 5.97 Å². The van der Waals surface area contributed by atoms with Crippen LogP contribution in [0.2, 0.25) is 0 Å². The summed E-state index contributed by atoms with van der Waals surface area (Å²) in [6.45, 7) is 1.62. The second-order valence-corrected chi connectivity index (χ2v) is 4.91. The molecule has 0 aliphatic heterocycles. The number of rotatable bonds is 4. The van der Waals surface area contributed by atoms with Gasteiger partial charge in [0.05, 0.1) is 23.2 Å². The Balaban J connectivity index is 2.92. The summed E-state index contributed by atoms with van der Waals surface area (Å²) in [6, 6.07) is 3.48. The highest BCUT2D eigenvalue weighted by molar-refractivity contribution is 9.11. The van der Waals surface area contributed by atoms with Gasteiger partial charge in [0.1, 0.15) is 11.5 Å². The van der Waals surface area contributed by atoms with Crippen molar-refractivity contribution in [2.45, 2.75) is 13.0 Å². The van der Waals surface area contributed by atoms with E-state index in [1.54, 1.807) is 26.2 Å². The minimum absolute atomic E-state index is 0.427. The first-order chi connectivity index (χ1) is 7.99. The third-order valence-corrected chi connectivity index (χ3v) is 3.28. The molecule has 4 nitrogen and oxygen atoms in total. The maximum atomic E-state index is 11.2. The SMILES string of the molecule is COC(=O)C(C)Oc1cc(Br)c(OC)cc1Br. The topological polar surface area (TPSA) is 44.8 Å². The van der Waals surface area contributed by atoms with E-state index < -0.39 is 12.1 Å². The van der Waals surface area contributed by atoms with Gasteiger partial charge in [0, 0.05) is 0 Å². The van der Waals surface area contributed by atoms with Crippen molar-refractivity contribution in [2.24, 2.45) is 0 Å². The number of hydrogen-bond acceptors (Lipinski definition) is 4. The maximum Gasteiger partial charge on any atom is 0.346 e. The molecule has 0 spiro atoms. The number of esters is 1. The van der Waals surface area contributed by atoms with Crippen LogP contribution in [-0.2, 0) is 9.53 Å². The van der Waals surface area contributed by atoms with Crippen LogP contribution in [0.25, 0.3) is 0 Å². The summed E-state index contributed by atoms with van der Waals surface area (Å²) in [5.41, 5.74) is 0. The zero-order chi connectivity index (χ0) is 13.0. The fraction of sp³-hybridized carbons (Fsp3) is 0.364. The predicted molar refractivity (Wildman–Crippen MR) is 70.5 cm³/mol. The van der Waals surface area contributed by atoms with Crippen LogP contribution in [0.15, 0.2) is 21.1 Å². The second kappa shape index (κ2) is 6.26. The van der Waals surface area contributed by atoms with Gasteiger partial charge in [0.15, 0.2) is 6.10 Å². The van der Waals surface area contributed by atoms with Crippen molar-refractivity contribution in [3.05, 3.63) is 21.1 Å². The molecule has 0 bridgehead atoms. The van der Waals surface area contributed by atoms with E-state index >= 15 is 0 Å². The van der Waals surface area contributed by atoms with Crippen LogP contribution in [-0.4, -0.2) is 26.3 Å². The molecule has 1 aromatic carbocycles. The largest absolute Gasteiger partial charge is 0.496 e. The van der Waals surface area contributed by atoms with Gasteiger partial charge in [-0.25, -0.2) is 4.79 Å². The molecule has 1 atom stereocenters. The molecule has 0 heterocycles. The third kappa shape index (κ3) is 3.61. The Morgan fingerprint density at radius 2 is 1.71 bits per heavy atom. The summed E-state index contributed by atoms with van der Waals surface area (Å²) >= 11 is 6.69. The smallest absolute Gasteiger partial charge is 0.346 e. The van der Waals surface area contributed by atoms with Crippen LogP contribution in [0, 0.1) is 0 Å². The summed E-state index contributed by atoms with van der Waals surface area (Å²) in [4.78, 5) is 11.2. The molecular weight excluding hydrogens is 356 g/mol.